The summed E-state index contributed by atoms with van der Waals surface area (Å²) in [5, 5.41) is 0. The second-order valence-electron chi connectivity index (χ2n) is 3.38. The Hall–Kier alpha value is -2.02. The first-order chi connectivity index (χ1) is 7.36. The fourth-order valence-electron chi connectivity index (χ4n) is 1.44. The summed E-state index contributed by atoms with van der Waals surface area (Å²) in [7, 11) is 0. The van der Waals surface area contributed by atoms with Crippen LogP contribution >= 0.6 is 0 Å². The summed E-state index contributed by atoms with van der Waals surface area (Å²) in [6.45, 7) is 0. The molecular weight excluding hydrogens is 182 g/mol. The molecule has 2 rings (SSSR count). The van der Waals surface area contributed by atoms with Crippen LogP contribution in [0.15, 0.2) is 60.7 Å². The van der Waals surface area contributed by atoms with Gasteiger partial charge in [0.2, 0.25) is 0 Å². The molecule has 0 spiro atoms. The van der Waals surface area contributed by atoms with E-state index in [1.807, 2.05) is 66.7 Å². The van der Waals surface area contributed by atoms with Crippen LogP contribution in [0, 0.1) is 0 Å². The summed E-state index contributed by atoms with van der Waals surface area (Å²) in [6, 6.07) is 20.1. The summed E-state index contributed by atoms with van der Waals surface area (Å²) in [5.41, 5.74) is 8.96. The predicted molar refractivity (Wildman–Crippen MR) is 64.9 cm³/mol. The zero-order valence-corrected chi connectivity index (χ0v) is 8.43. The van der Waals surface area contributed by atoms with Gasteiger partial charge in [-0.3, -0.25) is 0 Å². The van der Waals surface area contributed by atoms with E-state index in [1.54, 1.807) is 0 Å². The topological polar surface area (TPSA) is 26.0 Å². The van der Waals surface area contributed by atoms with Gasteiger partial charge in [0.05, 0.1) is 0 Å². The lowest BCUT2D eigenvalue weighted by atomic mass is 10.1. The zero-order valence-electron chi connectivity index (χ0n) is 8.43. The van der Waals surface area contributed by atoms with Crippen molar-refractivity contribution < 1.29 is 0 Å². The molecule has 0 heterocycles. The van der Waals surface area contributed by atoms with Crippen LogP contribution in [0.3, 0.4) is 0 Å². The van der Waals surface area contributed by atoms with Crippen molar-refractivity contribution in [1.29, 1.82) is 0 Å². The molecule has 0 saturated heterocycles. The van der Waals surface area contributed by atoms with Crippen molar-refractivity contribution >= 4 is 11.8 Å². The lowest BCUT2D eigenvalue weighted by molar-refractivity contribution is 1.53. The fourth-order valence-corrected chi connectivity index (χ4v) is 1.44. The van der Waals surface area contributed by atoms with E-state index in [1.165, 1.54) is 0 Å². The number of hydrogen-bond acceptors (Lipinski definition) is 1. The van der Waals surface area contributed by atoms with Gasteiger partial charge in [-0.1, -0.05) is 60.7 Å². The molecule has 0 aliphatic rings. The molecule has 0 atom stereocenters. The van der Waals surface area contributed by atoms with Crippen LogP contribution in [-0.2, 0) is 0 Å². The van der Waals surface area contributed by atoms with E-state index in [0.717, 1.165) is 16.8 Å². The third-order valence-electron chi connectivity index (χ3n) is 2.23. The van der Waals surface area contributed by atoms with E-state index in [2.05, 4.69) is 0 Å². The molecule has 1 nitrogen and oxygen atoms in total. The Kier molecular flexibility index (Phi) is 2.84. The molecule has 0 aromatic heterocycles. The van der Waals surface area contributed by atoms with Crippen molar-refractivity contribution in [2.24, 2.45) is 5.73 Å². The molecule has 0 bridgehead atoms. The first-order valence-corrected chi connectivity index (χ1v) is 4.94. The Bertz CT molecular complexity index is 443. The average Bonchev–Trinajstić information content (AvgIpc) is 2.31. The van der Waals surface area contributed by atoms with Gasteiger partial charge >= 0.3 is 0 Å². The van der Waals surface area contributed by atoms with Crippen LogP contribution in [0.2, 0.25) is 0 Å². The van der Waals surface area contributed by atoms with Crippen LogP contribution in [0.1, 0.15) is 11.1 Å². The third kappa shape index (κ3) is 2.47. The van der Waals surface area contributed by atoms with Crippen molar-refractivity contribution in [3.63, 3.8) is 0 Å². The van der Waals surface area contributed by atoms with Crippen molar-refractivity contribution in [2.45, 2.75) is 0 Å². The van der Waals surface area contributed by atoms with Gasteiger partial charge in [0.1, 0.15) is 0 Å². The van der Waals surface area contributed by atoms with Gasteiger partial charge in [0.15, 0.2) is 0 Å². The summed E-state index contributed by atoms with van der Waals surface area (Å²) in [6.07, 6.45) is 1.98. The van der Waals surface area contributed by atoms with Crippen molar-refractivity contribution in [3.8, 4) is 0 Å². The quantitative estimate of drug-likeness (QED) is 0.732. The highest BCUT2D eigenvalue weighted by Crippen LogP contribution is 2.12. The molecule has 74 valence electrons. The summed E-state index contributed by atoms with van der Waals surface area (Å²) in [5.74, 6) is 0. The minimum Gasteiger partial charge on any atom is -0.398 e. The van der Waals surface area contributed by atoms with Gasteiger partial charge in [-0.2, -0.15) is 0 Å². The molecule has 2 aromatic carbocycles. The minimum atomic E-state index is 0.793. The van der Waals surface area contributed by atoms with Crippen molar-refractivity contribution in [2.75, 3.05) is 0 Å². The summed E-state index contributed by atoms with van der Waals surface area (Å²) in [4.78, 5) is 0. The number of hydrogen-bond donors (Lipinski definition) is 1. The van der Waals surface area contributed by atoms with E-state index in [9.17, 15) is 0 Å². The minimum absolute atomic E-state index is 0.793. The second kappa shape index (κ2) is 4.47. The maximum Gasteiger partial charge on any atom is 0.0393 e. The van der Waals surface area contributed by atoms with Gasteiger partial charge in [-0.25, -0.2) is 0 Å². The molecule has 0 aliphatic heterocycles. The Labute approximate surface area is 89.9 Å². The molecule has 0 fully saturated rings. The van der Waals surface area contributed by atoms with Gasteiger partial charge in [0.25, 0.3) is 0 Å². The van der Waals surface area contributed by atoms with Crippen molar-refractivity contribution in [3.05, 3.63) is 71.8 Å². The van der Waals surface area contributed by atoms with E-state index >= 15 is 0 Å². The monoisotopic (exact) mass is 195 g/mol. The lowest BCUT2D eigenvalue weighted by Crippen LogP contribution is -1.95. The molecular formula is C14H13N. The van der Waals surface area contributed by atoms with E-state index < -0.39 is 0 Å². The first kappa shape index (κ1) is 9.53. The standard InChI is InChI=1S/C14H13N/c15-14(13-9-5-2-6-10-13)11-12-7-3-1-4-8-12/h1-11H,15H2. The largest absolute Gasteiger partial charge is 0.398 e. The zero-order chi connectivity index (χ0) is 10.5. The van der Waals surface area contributed by atoms with Crippen LogP contribution in [-0.4, -0.2) is 0 Å². The van der Waals surface area contributed by atoms with E-state index in [-0.39, 0.29) is 0 Å². The molecule has 0 radical (unpaired) electrons. The highest BCUT2D eigenvalue weighted by Gasteiger charge is 1.94. The van der Waals surface area contributed by atoms with Gasteiger partial charge < -0.3 is 5.73 Å². The molecule has 0 amide bonds. The maximum atomic E-state index is 5.99. The Morgan fingerprint density at radius 3 is 1.93 bits per heavy atom. The molecule has 2 N–H and O–H groups in total. The summed E-state index contributed by atoms with van der Waals surface area (Å²) < 4.78 is 0. The highest BCUT2D eigenvalue weighted by atomic mass is 14.6. The van der Waals surface area contributed by atoms with E-state index in [0.29, 0.717) is 0 Å². The normalized spacial score (nSPS) is 11.3. The van der Waals surface area contributed by atoms with E-state index in [4.69, 9.17) is 5.73 Å². The number of rotatable bonds is 2. The molecule has 2 aromatic rings. The fraction of sp³-hybridized carbons (Fsp3) is 0. The molecule has 0 saturated carbocycles. The Morgan fingerprint density at radius 2 is 1.33 bits per heavy atom. The SMILES string of the molecule is NC(=Cc1ccccc1)c1ccccc1. The molecule has 0 unspecified atom stereocenters. The average molecular weight is 195 g/mol. The maximum absolute atomic E-state index is 5.99. The second-order valence-corrected chi connectivity index (χ2v) is 3.38. The van der Waals surface area contributed by atoms with Crippen molar-refractivity contribution in [1.82, 2.24) is 0 Å². The van der Waals surface area contributed by atoms with Gasteiger partial charge in [-0.05, 0) is 17.2 Å². The predicted octanol–water partition coefficient (Wildman–Crippen LogP) is 3.14. The Balaban J connectivity index is 2.29. The smallest absolute Gasteiger partial charge is 0.0393 e. The van der Waals surface area contributed by atoms with Crippen LogP contribution < -0.4 is 5.73 Å². The Morgan fingerprint density at radius 1 is 0.800 bits per heavy atom. The van der Waals surface area contributed by atoms with Crippen LogP contribution in [0.5, 0.6) is 0 Å². The van der Waals surface area contributed by atoms with Gasteiger partial charge in [0, 0.05) is 5.70 Å². The van der Waals surface area contributed by atoms with Crippen LogP contribution in [0.4, 0.5) is 0 Å². The summed E-state index contributed by atoms with van der Waals surface area (Å²) >= 11 is 0. The molecule has 1 heteroatoms. The lowest BCUT2D eigenvalue weighted by Gasteiger charge is -2.01. The first-order valence-electron chi connectivity index (χ1n) is 4.94. The third-order valence-corrected chi connectivity index (χ3v) is 2.23. The molecule has 15 heavy (non-hydrogen) atoms. The van der Waals surface area contributed by atoms with Gasteiger partial charge in [-0.15, -0.1) is 0 Å². The number of nitrogens with two attached hydrogens (primary N) is 1. The molecule has 0 aliphatic carbocycles. The number of benzene rings is 2. The van der Waals surface area contributed by atoms with Crippen LogP contribution in [0.25, 0.3) is 11.8 Å². The highest BCUT2D eigenvalue weighted by molar-refractivity contribution is 5.79.